The number of aliphatic imine (C=N–C) groups is 1. The van der Waals surface area contributed by atoms with Crippen molar-refractivity contribution in [2.75, 3.05) is 13.2 Å². The standard InChI is InChI=1S/C22H23ClN2O2S/c1-4-27-19-8-6-5-7-16(19)13-20-21(26)25(14-15(2)3)22(28-20)24-18-11-9-17(23)10-12-18/h5-13,15H,4,14H2,1-3H3/b20-13-,24-22?. The average molecular weight is 415 g/mol. The molecule has 6 heteroatoms. The topological polar surface area (TPSA) is 41.9 Å². The van der Waals surface area contributed by atoms with Gasteiger partial charge in [0.05, 0.1) is 17.2 Å². The molecule has 1 aliphatic heterocycles. The number of amidine groups is 1. The van der Waals surface area contributed by atoms with Gasteiger partial charge in [-0.2, -0.15) is 0 Å². The summed E-state index contributed by atoms with van der Waals surface area (Å²) in [7, 11) is 0. The molecule has 0 saturated carbocycles. The molecule has 0 atom stereocenters. The van der Waals surface area contributed by atoms with E-state index in [1.54, 1.807) is 17.0 Å². The molecule has 146 valence electrons. The molecule has 0 aliphatic carbocycles. The van der Waals surface area contributed by atoms with Crippen molar-refractivity contribution in [3.63, 3.8) is 0 Å². The molecule has 1 heterocycles. The van der Waals surface area contributed by atoms with Crippen molar-refractivity contribution in [2.24, 2.45) is 10.9 Å². The summed E-state index contributed by atoms with van der Waals surface area (Å²) in [5, 5.41) is 1.34. The number of hydrogen-bond donors (Lipinski definition) is 0. The van der Waals surface area contributed by atoms with Crippen LogP contribution in [0.3, 0.4) is 0 Å². The van der Waals surface area contributed by atoms with E-state index in [1.807, 2.05) is 49.4 Å². The monoisotopic (exact) mass is 414 g/mol. The molecule has 4 nitrogen and oxygen atoms in total. The van der Waals surface area contributed by atoms with Crippen molar-refractivity contribution in [3.05, 3.63) is 64.0 Å². The van der Waals surface area contributed by atoms with Crippen molar-refractivity contribution in [1.29, 1.82) is 0 Å². The fraction of sp³-hybridized carbons (Fsp3) is 0.273. The highest BCUT2D eigenvalue weighted by Gasteiger charge is 2.33. The normalized spacial score (nSPS) is 17.2. The minimum atomic E-state index is -0.0299. The van der Waals surface area contributed by atoms with E-state index >= 15 is 0 Å². The Hall–Kier alpha value is -2.24. The Morgan fingerprint density at radius 3 is 2.57 bits per heavy atom. The number of rotatable bonds is 6. The Kier molecular flexibility index (Phi) is 6.81. The largest absolute Gasteiger partial charge is 0.493 e. The van der Waals surface area contributed by atoms with Crippen LogP contribution in [0.1, 0.15) is 26.3 Å². The second kappa shape index (κ2) is 9.30. The Bertz CT molecular complexity index is 907. The SMILES string of the molecule is CCOc1ccccc1/C=C1\SC(=Nc2ccc(Cl)cc2)N(CC(C)C)C1=O. The quantitative estimate of drug-likeness (QED) is 0.544. The number of amides is 1. The van der Waals surface area contributed by atoms with Gasteiger partial charge in [0.1, 0.15) is 5.75 Å². The van der Waals surface area contributed by atoms with E-state index in [0.29, 0.717) is 34.2 Å². The molecule has 0 aromatic heterocycles. The van der Waals surface area contributed by atoms with Gasteiger partial charge in [-0.3, -0.25) is 9.69 Å². The summed E-state index contributed by atoms with van der Waals surface area (Å²) in [6.07, 6.45) is 1.88. The van der Waals surface area contributed by atoms with Crippen LogP contribution in [0.15, 0.2) is 58.4 Å². The smallest absolute Gasteiger partial charge is 0.266 e. The molecule has 0 N–H and O–H groups in total. The number of nitrogens with zero attached hydrogens (tertiary/aromatic N) is 2. The van der Waals surface area contributed by atoms with Gasteiger partial charge in [0, 0.05) is 17.1 Å². The summed E-state index contributed by atoms with van der Waals surface area (Å²) in [6.45, 7) is 7.31. The number of benzene rings is 2. The number of carbonyl (C=O) groups is 1. The first-order valence-electron chi connectivity index (χ1n) is 9.25. The molecule has 1 fully saturated rings. The highest BCUT2D eigenvalue weighted by atomic mass is 35.5. The maximum atomic E-state index is 13.1. The van der Waals surface area contributed by atoms with E-state index in [0.717, 1.165) is 17.0 Å². The van der Waals surface area contributed by atoms with Crippen molar-refractivity contribution >= 4 is 46.2 Å². The zero-order valence-corrected chi connectivity index (χ0v) is 17.8. The van der Waals surface area contributed by atoms with Crippen LogP contribution in [-0.2, 0) is 4.79 Å². The minimum absolute atomic E-state index is 0.0299. The predicted molar refractivity (Wildman–Crippen MR) is 118 cm³/mol. The van der Waals surface area contributed by atoms with E-state index in [-0.39, 0.29) is 5.91 Å². The summed E-state index contributed by atoms with van der Waals surface area (Å²) in [5.41, 5.74) is 1.65. The molecule has 0 radical (unpaired) electrons. The highest BCUT2D eigenvalue weighted by Crippen LogP contribution is 2.36. The van der Waals surface area contributed by atoms with Crippen LogP contribution in [0, 0.1) is 5.92 Å². The van der Waals surface area contributed by atoms with Gasteiger partial charge in [0.25, 0.3) is 5.91 Å². The zero-order valence-electron chi connectivity index (χ0n) is 16.2. The van der Waals surface area contributed by atoms with Gasteiger partial charge in [-0.25, -0.2) is 4.99 Å². The highest BCUT2D eigenvalue weighted by molar-refractivity contribution is 8.18. The number of ether oxygens (including phenoxy) is 1. The van der Waals surface area contributed by atoms with E-state index < -0.39 is 0 Å². The number of para-hydroxylation sites is 1. The molecule has 1 amide bonds. The minimum Gasteiger partial charge on any atom is -0.493 e. The molecular weight excluding hydrogens is 392 g/mol. The molecule has 2 aromatic rings. The first-order chi connectivity index (χ1) is 13.5. The van der Waals surface area contributed by atoms with E-state index in [4.69, 9.17) is 16.3 Å². The zero-order chi connectivity index (χ0) is 20.1. The summed E-state index contributed by atoms with van der Waals surface area (Å²) in [4.78, 5) is 20.1. The predicted octanol–water partition coefficient (Wildman–Crippen LogP) is 6.00. The van der Waals surface area contributed by atoms with Gasteiger partial charge >= 0.3 is 0 Å². The van der Waals surface area contributed by atoms with Crippen LogP contribution < -0.4 is 4.74 Å². The molecule has 0 spiro atoms. The van der Waals surface area contributed by atoms with Gasteiger partial charge in [0.2, 0.25) is 0 Å². The Morgan fingerprint density at radius 1 is 1.18 bits per heavy atom. The van der Waals surface area contributed by atoms with Crippen molar-refractivity contribution in [3.8, 4) is 5.75 Å². The van der Waals surface area contributed by atoms with Gasteiger partial charge in [-0.15, -0.1) is 0 Å². The van der Waals surface area contributed by atoms with E-state index in [1.165, 1.54) is 11.8 Å². The van der Waals surface area contributed by atoms with Crippen LogP contribution in [0.2, 0.25) is 5.02 Å². The van der Waals surface area contributed by atoms with E-state index in [9.17, 15) is 4.79 Å². The lowest BCUT2D eigenvalue weighted by Gasteiger charge is -2.17. The number of carbonyl (C=O) groups excluding carboxylic acids is 1. The molecule has 1 saturated heterocycles. The second-order valence-electron chi connectivity index (χ2n) is 6.76. The summed E-state index contributed by atoms with van der Waals surface area (Å²) >= 11 is 7.35. The number of hydrogen-bond acceptors (Lipinski definition) is 4. The maximum absolute atomic E-state index is 13.1. The Labute approximate surface area is 175 Å². The third kappa shape index (κ3) is 4.97. The van der Waals surface area contributed by atoms with E-state index in [2.05, 4.69) is 18.8 Å². The lowest BCUT2D eigenvalue weighted by Crippen LogP contribution is -2.32. The molecule has 28 heavy (non-hydrogen) atoms. The summed E-state index contributed by atoms with van der Waals surface area (Å²) in [5.74, 6) is 1.07. The maximum Gasteiger partial charge on any atom is 0.266 e. The third-order valence-corrected chi connectivity index (χ3v) is 5.25. The summed E-state index contributed by atoms with van der Waals surface area (Å²) in [6, 6.07) is 15.0. The molecule has 1 aliphatic rings. The first-order valence-corrected chi connectivity index (χ1v) is 10.4. The fourth-order valence-corrected chi connectivity index (χ4v) is 3.90. The van der Waals surface area contributed by atoms with Crippen molar-refractivity contribution in [2.45, 2.75) is 20.8 Å². The molecular formula is C22H23ClN2O2S. The van der Waals surface area contributed by atoms with Gasteiger partial charge < -0.3 is 4.74 Å². The number of halogens is 1. The molecule has 3 rings (SSSR count). The third-order valence-electron chi connectivity index (χ3n) is 3.99. The average Bonchev–Trinajstić information content (AvgIpc) is 2.94. The molecule has 0 unspecified atom stereocenters. The molecule has 2 aromatic carbocycles. The molecule has 0 bridgehead atoms. The second-order valence-corrected chi connectivity index (χ2v) is 8.21. The fourth-order valence-electron chi connectivity index (χ4n) is 2.77. The van der Waals surface area contributed by atoms with Gasteiger partial charge in [-0.1, -0.05) is 43.6 Å². The van der Waals surface area contributed by atoms with Crippen molar-refractivity contribution < 1.29 is 9.53 Å². The van der Waals surface area contributed by atoms with Gasteiger partial charge in [0.15, 0.2) is 5.17 Å². The van der Waals surface area contributed by atoms with Crippen LogP contribution in [0.5, 0.6) is 5.75 Å². The number of thioether (sulfide) groups is 1. The lowest BCUT2D eigenvalue weighted by molar-refractivity contribution is -0.122. The van der Waals surface area contributed by atoms with Crippen molar-refractivity contribution in [1.82, 2.24) is 4.90 Å². The summed E-state index contributed by atoms with van der Waals surface area (Å²) < 4.78 is 5.69. The van der Waals surface area contributed by atoms with Crippen LogP contribution in [0.25, 0.3) is 6.08 Å². The Balaban J connectivity index is 1.96. The van der Waals surface area contributed by atoms with Gasteiger partial charge in [-0.05, 0) is 61.0 Å². The Morgan fingerprint density at radius 2 is 1.89 bits per heavy atom. The first kappa shape index (κ1) is 20.5. The lowest BCUT2D eigenvalue weighted by atomic mass is 10.1. The van der Waals surface area contributed by atoms with Crippen LogP contribution in [0.4, 0.5) is 5.69 Å². The van der Waals surface area contributed by atoms with Crippen LogP contribution in [-0.4, -0.2) is 29.1 Å². The van der Waals surface area contributed by atoms with Crippen LogP contribution >= 0.6 is 23.4 Å².